The van der Waals surface area contributed by atoms with E-state index in [1.807, 2.05) is 31.2 Å². The molecule has 2 N–H and O–H groups in total. The van der Waals surface area contributed by atoms with Crippen molar-refractivity contribution in [3.63, 3.8) is 0 Å². The lowest BCUT2D eigenvalue weighted by Crippen LogP contribution is -2.32. The van der Waals surface area contributed by atoms with E-state index in [2.05, 4.69) is 10.6 Å². The summed E-state index contributed by atoms with van der Waals surface area (Å²) in [7, 11) is 1.61. The van der Waals surface area contributed by atoms with Crippen molar-refractivity contribution in [1.29, 1.82) is 0 Å². The number of piperidine rings is 1. The minimum atomic E-state index is -0.0528. The van der Waals surface area contributed by atoms with Crippen LogP contribution in [0, 0.1) is 0 Å². The summed E-state index contributed by atoms with van der Waals surface area (Å²) in [5, 5.41) is 6.82. The van der Waals surface area contributed by atoms with Crippen LogP contribution in [0.4, 0.5) is 5.69 Å². The first-order valence-corrected chi connectivity index (χ1v) is 7.95. The minimum Gasteiger partial charge on any atom is -0.495 e. The summed E-state index contributed by atoms with van der Waals surface area (Å²) >= 11 is 1.77. The quantitative estimate of drug-likeness (QED) is 0.876. The highest BCUT2D eigenvalue weighted by Gasteiger charge is 2.21. The van der Waals surface area contributed by atoms with Crippen LogP contribution < -0.4 is 15.4 Å². The molecule has 1 aliphatic rings. The molecule has 1 aliphatic heterocycles. The molecule has 1 fully saturated rings. The Kier molecular flexibility index (Phi) is 5.73. The van der Waals surface area contributed by atoms with Crippen molar-refractivity contribution < 1.29 is 9.53 Å². The minimum absolute atomic E-state index is 0.0398. The first-order chi connectivity index (χ1) is 9.70. The average molecular weight is 294 g/mol. The van der Waals surface area contributed by atoms with E-state index in [1.54, 1.807) is 18.9 Å². The van der Waals surface area contributed by atoms with Gasteiger partial charge in [0.1, 0.15) is 5.75 Å². The summed E-state index contributed by atoms with van der Waals surface area (Å²) in [4.78, 5) is 12.3. The molecule has 1 saturated heterocycles. The van der Waals surface area contributed by atoms with Crippen molar-refractivity contribution in [2.24, 2.45) is 0 Å². The van der Waals surface area contributed by atoms with E-state index >= 15 is 0 Å². The highest BCUT2D eigenvalue weighted by molar-refractivity contribution is 8.01. The van der Waals surface area contributed by atoms with Crippen LogP contribution in [0.1, 0.15) is 19.8 Å². The number of anilines is 1. The number of nitrogens with one attached hydrogen (secondary N) is 2. The molecule has 5 heteroatoms. The summed E-state index contributed by atoms with van der Waals surface area (Å²) in [5.74, 6) is 0.734. The Bertz CT molecular complexity index is 447. The molecule has 0 radical (unpaired) electrons. The van der Waals surface area contributed by atoms with Crippen LogP contribution in [-0.4, -0.2) is 36.6 Å². The second-order valence-corrected chi connectivity index (χ2v) is 6.56. The summed E-state index contributed by atoms with van der Waals surface area (Å²) in [6.45, 7) is 4.08. The molecule has 4 nitrogen and oxygen atoms in total. The average Bonchev–Trinajstić information content (AvgIpc) is 2.48. The third-order valence-electron chi connectivity index (χ3n) is 3.42. The summed E-state index contributed by atoms with van der Waals surface area (Å²) < 4.78 is 5.25. The number of methoxy groups -OCH3 is 1. The molecule has 0 aliphatic carbocycles. The Balaban J connectivity index is 1.90. The molecule has 1 unspecified atom stereocenters. The first kappa shape index (κ1) is 15.2. The number of rotatable bonds is 5. The number of carbonyl (C=O) groups excluding carboxylic acids is 1. The van der Waals surface area contributed by atoms with Gasteiger partial charge in [-0.3, -0.25) is 4.79 Å². The Hall–Kier alpha value is -1.20. The van der Waals surface area contributed by atoms with E-state index in [1.165, 1.54) is 0 Å². The zero-order chi connectivity index (χ0) is 14.4. The summed E-state index contributed by atoms with van der Waals surface area (Å²) in [6.07, 6.45) is 2.27. The van der Waals surface area contributed by atoms with Gasteiger partial charge in [-0.15, -0.1) is 11.8 Å². The van der Waals surface area contributed by atoms with Gasteiger partial charge in [0, 0.05) is 5.25 Å². The highest BCUT2D eigenvalue weighted by Crippen LogP contribution is 2.27. The molecule has 1 heterocycles. The predicted octanol–water partition coefficient (Wildman–Crippen LogP) is 2.51. The van der Waals surface area contributed by atoms with Crippen LogP contribution in [0.3, 0.4) is 0 Å². The lowest BCUT2D eigenvalue weighted by molar-refractivity contribution is -0.115. The van der Waals surface area contributed by atoms with Crippen molar-refractivity contribution in [1.82, 2.24) is 5.32 Å². The second kappa shape index (κ2) is 7.55. The van der Waals surface area contributed by atoms with E-state index in [4.69, 9.17) is 4.74 Å². The smallest absolute Gasteiger partial charge is 0.237 e. The zero-order valence-corrected chi connectivity index (χ0v) is 12.8. The molecule has 2 rings (SSSR count). The maximum absolute atomic E-state index is 12.3. The van der Waals surface area contributed by atoms with E-state index < -0.39 is 0 Å². The topological polar surface area (TPSA) is 50.4 Å². The fourth-order valence-corrected chi connectivity index (χ4v) is 3.53. The van der Waals surface area contributed by atoms with Crippen LogP contribution >= 0.6 is 11.8 Å². The standard InChI is InChI=1S/C15H22N2O2S/c1-11(20-12-7-9-16-10-8-12)15(18)17-13-5-3-4-6-14(13)19-2/h3-6,11-12,16H,7-10H2,1-2H3,(H,17,18). The number of amides is 1. The Labute approximate surface area is 124 Å². The summed E-state index contributed by atoms with van der Waals surface area (Å²) in [6, 6.07) is 7.49. The van der Waals surface area contributed by atoms with Crippen LogP contribution in [-0.2, 0) is 4.79 Å². The number of carbonyl (C=O) groups is 1. The third-order valence-corrected chi connectivity index (χ3v) is 4.90. The number of thioether (sulfide) groups is 1. The number of hydrogen-bond acceptors (Lipinski definition) is 4. The molecule has 110 valence electrons. The van der Waals surface area contributed by atoms with Gasteiger partial charge in [0.05, 0.1) is 18.0 Å². The van der Waals surface area contributed by atoms with Crippen LogP contribution in [0.25, 0.3) is 0 Å². The van der Waals surface area contributed by atoms with Gasteiger partial charge >= 0.3 is 0 Å². The molecular weight excluding hydrogens is 272 g/mol. The van der Waals surface area contributed by atoms with Crippen LogP contribution in [0.15, 0.2) is 24.3 Å². The zero-order valence-electron chi connectivity index (χ0n) is 12.0. The lowest BCUT2D eigenvalue weighted by Gasteiger charge is -2.24. The highest BCUT2D eigenvalue weighted by atomic mass is 32.2. The number of para-hydroxylation sites is 2. The Morgan fingerprint density at radius 1 is 1.40 bits per heavy atom. The van der Waals surface area contributed by atoms with Crippen molar-refractivity contribution in [2.75, 3.05) is 25.5 Å². The van der Waals surface area contributed by atoms with Gasteiger partial charge in [-0.1, -0.05) is 12.1 Å². The first-order valence-electron chi connectivity index (χ1n) is 7.00. The number of hydrogen-bond donors (Lipinski definition) is 2. The predicted molar refractivity (Wildman–Crippen MR) is 84.6 cm³/mol. The maximum atomic E-state index is 12.3. The van der Waals surface area contributed by atoms with Crippen LogP contribution in [0.2, 0.25) is 0 Å². The normalized spacial score (nSPS) is 17.5. The van der Waals surface area contributed by atoms with Crippen LogP contribution in [0.5, 0.6) is 5.75 Å². The van der Waals surface area contributed by atoms with Gasteiger partial charge in [0.15, 0.2) is 0 Å². The fourth-order valence-electron chi connectivity index (χ4n) is 2.26. The van der Waals surface area contributed by atoms with Gasteiger partial charge in [-0.25, -0.2) is 0 Å². The molecule has 0 spiro atoms. The van der Waals surface area contributed by atoms with E-state index in [-0.39, 0.29) is 11.2 Å². The number of ether oxygens (including phenoxy) is 1. The molecule has 0 aromatic heterocycles. The lowest BCUT2D eigenvalue weighted by atomic mass is 10.2. The van der Waals surface area contributed by atoms with Crippen molar-refractivity contribution in [3.05, 3.63) is 24.3 Å². The fraction of sp³-hybridized carbons (Fsp3) is 0.533. The molecular formula is C15H22N2O2S. The number of benzene rings is 1. The van der Waals surface area contributed by atoms with Gasteiger partial charge in [-0.2, -0.15) is 0 Å². The Morgan fingerprint density at radius 3 is 2.80 bits per heavy atom. The monoisotopic (exact) mass is 294 g/mol. The van der Waals surface area contributed by atoms with Gasteiger partial charge < -0.3 is 15.4 Å². The Morgan fingerprint density at radius 2 is 2.10 bits per heavy atom. The molecule has 1 atom stereocenters. The summed E-state index contributed by atoms with van der Waals surface area (Å²) in [5.41, 5.74) is 0.734. The SMILES string of the molecule is COc1ccccc1NC(=O)C(C)SC1CCNCC1. The second-order valence-electron chi connectivity index (χ2n) is 4.92. The molecule has 1 amide bonds. The van der Waals surface area contributed by atoms with Gasteiger partial charge in [0.25, 0.3) is 0 Å². The van der Waals surface area contributed by atoms with Gasteiger partial charge in [-0.05, 0) is 45.0 Å². The van der Waals surface area contributed by atoms with Crippen molar-refractivity contribution in [2.45, 2.75) is 30.3 Å². The third kappa shape index (κ3) is 4.15. The molecule has 1 aromatic rings. The van der Waals surface area contributed by atoms with E-state index in [9.17, 15) is 4.79 Å². The van der Waals surface area contributed by atoms with Crippen molar-refractivity contribution in [3.8, 4) is 5.75 Å². The van der Waals surface area contributed by atoms with E-state index in [0.29, 0.717) is 11.0 Å². The van der Waals surface area contributed by atoms with Gasteiger partial charge in [0.2, 0.25) is 5.91 Å². The largest absolute Gasteiger partial charge is 0.495 e. The van der Waals surface area contributed by atoms with Crippen molar-refractivity contribution >= 4 is 23.4 Å². The van der Waals surface area contributed by atoms with E-state index in [0.717, 1.165) is 31.6 Å². The molecule has 0 saturated carbocycles. The maximum Gasteiger partial charge on any atom is 0.237 e. The molecule has 20 heavy (non-hydrogen) atoms. The molecule has 1 aromatic carbocycles. The molecule has 0 bridgehead atoms.